The Morgan fingerprint density at radius 2 is 1.93 bits per heavy atom. The predicted molar refractivity (Wildman–Crippen MR) is 62.9 cm³/mol. The summed E-state index contributed by atoms with van der Waals surface area (Å²) in [5, 5.41) is 3.34. The normalized spacial score (nSPS) is 11.5. The summed E-state index contributed by atoms with van der Waals surface area (Å²) in [7, 11) is 0. The largest absolute Gasteiger partial charge is 0.464 e. The number of hydrogen-bond acceptors (Lipinski definition) is 3. The summed E-state index contributed by atoms with van der Waals surface area (Å²) in [6.45, 7) is 9.71. The molecule has 0 spiro atoms. The summed E-state index contributed by atoms with van der Waals surface area (Å²) < 4.78 is 5.20. The van der Waals surface area contributed by atoms with Gasteiger partial charge in [-0.1, -0.05) is 20.3 Å². The van der Waals surface area contributed by atoms with Gasteiger partial charge in [-0.2, -0.15) is 0 Å². The van der Waals surface area contributed by atoms with Crippen molar-refractivity contribution < 1.29 is 9.53 Å². The van der Waals surface area contributed by atoms with Gasteiger partial charge in [0.05, 0.1) is 0 Å². The van der Waals surface area contributed by atoms with Crippen LogP contribution in [0.4, 0.5) is 0 Å². The van der Waals surface area contributed by atoms with Crippen LogP contribution in [0.3, 0.4) is 0 Å². The summed E-state index contributed by atoms with van der Waals surface area (Å²) in [6, 6.07) is 0. The van der Waals surface area contributed by atoms with Crippen molar-refractivity contribution in [2.45, 2.75) is 58.9 Å². The highest BCUT2D eigenvalue weighted by Crippen LogP contribution is 2.05. The zero-order valence-electron chi connectivity index (χ0n) is 10.6. The summed E-state index contributed by atoms with van der Waals surface area (Å²) in [5.74, 6) is -0.0803. The molecule has 0 rings (SSSR count). The Balaban J connectivity index is 3.67. The second-order valence-electron chi connectivity index (χ2n) is 4.57. The summed E-state index contributed by atoms with van der Waals surface area (Å²) in [5.41, 5.74) is -0.113. The Kier molecular flexibility index (Phi) is 7.39. The molecule has 0 bridgehead atoms. The molecular formula is C12H25NO2. The molecule has 0 aliphatic rings. The van der Waals surface area contributed by atoms with E-state index in [2.05, 4.69) is 33.0 Å². The maximum Gasteiger partial charge on any atom is 0.305 e. The van der Waals surface area contributed by atoms with Gasteiger partial charge in [0.2, 0.25) is 0 Å². The van der Waals surface area contributed by atoms with Crippen LogP contribution in [-0.2, 0) is 9.53 Å². The van der Waals surface area contributed by atoms with E-state index in [0.29, 0.717) is 13.0 Å². The lowest BCUT2D eigenvalue weighted by molar-refractivity contribution is -0.145. The van der Waals surface area contributed by atoms with Crippen molar-refractivity contribution in [2.24, 2.45) is 0 Å². The van der Waals surface area contributed by atoms with Crippen LogP contribution >= 0.6 is 0 Å². The van der Waals surface area contributed by atoms with Crippen LogP contribution < -0.4 is 5.32 Å². The van der Waals surface area contributed by atoms with Gasteiger partial charge in [0.25, 0.3) is 0 Å². The van der Waals surface area contributed by atoms with E-state index >= 15 is 0 Å². The number of ether oxygens (including phenoxy) is 1. The Morgan fingerprint density at radius 1 is 1.27 bits per heavy atom. The molecule has 0 saturated carbocycles. The Labute approximate surface area is 93.6 Å². The summed E-state index contributed by atoms with van der Waals surface area (Å²) in [4.78, 5) is 11.3. The molecule has 0 amide bonds. The average Bonchev–Trinajstić information content (AvgIpc) is 2.21. The smallest absolute Gasteiger partial charge is 0.305 e. The van der Waals surface area contributed by atoms with Crippen molar-refractivity contribution in [1.82, 2.24) is 5.32 Å². The average molecular weight is 215 g/mol. The van der Waals surface area contributed by atoms with Gasteiger partial charge >= 0.3 is 5.97 Å². The van der Waals surface area contributed by atoms with Gasteiger partial charge in [-0.15, -0.1) is 0 Å². The second kappa shape index (κ2) is 7.69. The fraction of sp³-hybridized carbons (Fsp3) is 0.917. The minimum Gasteiger partial charge on any atom is -0.464 e. The van der Waals surface area contributed by atoms with E-state index in [-0.39, 0.29) is 11.5 Å². The molecule has 0 radical (unpaired) electrons. The summed E-state index contributed by atoms with van der Waals surface area (Å²) >= 11 is 0. The lowest BCUT2D eigenvalue weighted by Gasteiger charge is -2.25. The maximum atomic E-state index is 11.3. The van der Waals surface area contributed by atoms with Crippen molar-refractivity contribution in [3.63, 3.8) is 0 Å². The van der Waals surface area contributed by atoms with Gasteiger partial charge in [-0.3, -0.25) is 4.79 Å². The van der Waals surface area contributed by atoms with E-state index in [0.717, 1.165) is 25.8 Å². The zero-order chi connectivity index (χ0) is 11.7. The minimum atomic E-state index is -0.113. The first-order valence-corrected chi connectivity index (χ1v) is 5.92. The molecular weight excluding hydrogens is 190 g/mol. The number of esters is 1. The van der Waals surface area contributed by atoms with Crippen LogP contribution in [0, 0.1) is 0 Å². The molecule has 0 aromatic carbocycles. The van der Waals surface area contributed by atoms with Gasteiger partial charge in [-0.25, -0.2) is 0 Å². The van der Waals surface area contributed by atoms with Crippen LogP contribution in [0.5, 0.6) is 0 Å². The molecule has 1 N–H and O–H groups in total. The lowest BCUT2D eigenvalue weighted by Crippen LogP contribution is -2.44. The van der Waals surface area contributed by atoms with E-state index in [1.807, 2.05) is 0 Å². The standard InChI is InChI=1S/C12H25NO2/c1-5-7-8-11(14)15-10-12(3,4)13-9-6-2/h13H,5-10H2,1-4H3. The first kappa shape index (κ1) is 14.4. The van der Waals surface area contributed by atoms with Crippen molar-refractivity contribution >= 4 is 5.97 Å². The third-order valence-electron chi connectivity index (χ3n) is 2.18. The Hall–Kier alpha value is -0.570. The first-order chi connectivity index (χ1) is 7.02. The molecule has 90 valence electrons. The predicted octanol–water partition coefficient (Wildman–Crippen LogP) is 2.50. The third-order valence-corrected chi connectivity index (χ3v) is 2.18. The maximum absolute atomic E-state index is 11.3. The molecule has 0 unspecified atom stereocenters. The van der Waals surface area contributed by atoms with Crippen LogP contribution in [0.2, 0.25) is 0 Å². The fourth-order valence-electron chi connectivity index (χ4n) is 1.17. The van der Waals surface area contributed by atoms with Crippen molar-refractivity contribution in [3.8, 4) is 0 Å². The van der Waals surface area contributed by atoms with E-state index in [9.17, 15) is 4.79 Å². The third kappa shape index (κ3) is 8.43. The molecule has 0 heterocycles. The van der Waals surface area contributed by atoms with Gasteiger partial charge in [0.15, 0.2) is 0 Å². The fourth-order valence-corrected chi connectivity index (χ4v) is 1.17. The second-order valence-corrected chi connectivity index (χ2v) is 4.57. The number of unbranched alkanes of at least 4 members (excludes halogenated alkanes) is 1. The highest BCUT2D eigenvalue weighted by Gasteiger charge is 2.18. The number of rotatable bonds is 8. The molecule has 15 heavy (non-hydrogen) atoms. The minimum absolute atomic E-state index is 0.0803. The molecule has 0 aliphatic heterocycles. The van der Waals surface area contributed by atoms with Crippen LogP contribution in [-0.4, -0.2) is 24.7 Å². The monoisotopic (exact) mass is 215 g/mol. The SMILES string of the molecule is CCCCC(=O)OCC(C)(C)NCCC. The molecule has 3 nitrogen and oxygen atoms in total. The van der Waals surface area contributed by atoms with E-state index in [1.165, 1.54) is 0 Å². The highest BCUT2D eigenvalue weighted by atomic mass is 16.5. The van der Waals surface area contributed by atoms with Gasteiger partial charge in [0, 0.05) is 12.0 Å². The first-order valence-electron chi connectivity index (χ1n) is 5.92. The van der Waals surface area contributed by atoms with Crippen LogP contribution in [0.15, 0.2) is 0 Å². The quantitative estimate of drug-likeness (QED) is 0.632. The number of carbonyl (C=O) groups excluding carboxylic acids is 1. The van der Waals surface area contributed by atoms with Gasteiger partial charge in [0.1, 0.15) is 6.61 Å². The van der Waals surface area contributed by atoms with E-state index < -0.39 is 0 Å². The molecule has 0 aromatic rings. The molecule has 3 heteroatoms. The molecule has 0 atom stereocenters. The lowest BCUT2D eigenvalue weighted by atomic mass is 10.1. The topological polar surface area (TPSA) is 38.3 Å². The van der Waals surface area contributed by atoms with Crippen LogP contribution in [0.1, 0.15) is 53.4 Å². The summed E-state index contributed by atoms with van der Waals surface area (Å²) in [6.07, 6.45) is 3.59. The molecule has 0 aliphatic carbocycles. The van der Waals surface area contributed by atoms with Gasteiger partial charge < -0.3 is 10.1 Å². The Bertz CT molecular complexity index is 178. The number of nitrogens with one attached hydrogen (secondary N) is 1. The number of hydrogen-bond donors (Lipinski definition) is 1. The zero-order valence-corrected chi connectivity index (χ0v) is 10.6. The molecule has 0 aromatic heterocycles. The van der Waals surface area contributed by atoms with Crippen LogP contribution in [0.25, 0.3) is 0 Å². The van der Waals surface area contributed by atoms with E-state index in [1.54, 1.807) is 0 Å². The van der Waals surface area contributed by atoms with Crippen molar-refractivity contribution in [1.29, 1.82) is 0 Å². The van der Waals surface area contributed by atoms with Crippen molar-refractivity contribution in [2.75, 3.05) is 13.2 Å². The van der Waals surface area contributed by atoms with E-state index in [4.69, 9.17) is 4.74 Å². The van der Waals surface area contributed by atoms with Gasteiger partial charge in [-0.05, 0) is 33.2 Å². The van der Waals surface area contributed by atoms with Crippen molar-refractivity contribution in [3.05, 3.63) is 0 Å². The molecule has 0 saturated heterocycles. The Morgan fingerprint density at radius 3 is 2.47 bits per heavy atom. The molecule has 0 fully saturated rings. The highest BCUT2D eigenvalue weighted by molar-refractivity contribution is 5.69. The number of carbonyl (C=O) groups is 1.